The minimum absolute atomic E-state index is 0.0306. The van der Waals surface area contributed by atoms with E-state index in [4.69, 9.17) is 20.3 Å². The molecule has 1 aromatic rings. The van der Waals surface area contributed by atoms with Gasteiger partial charge in [0.1, 0.15) is 5.75 Å². The zero-order valence-electron chi connectivity index (χ0n) is 12.2. The van der Waals surface area contributed by atoms with Gasteiger partial charge in [0.15, 0.2) is 0 Å². The lowest BCUT2D eigenvalue weighted by Gasteiger charge is -2.23. The number of methoxy groups -OCH3 is 1. The maximum atomic E-state index is 12.0. The molecule has 0 spiro atoms. The SMILES string of the molecule is CCOC(=O)C(CN)C(CC(=O)O)c1ccc(OC)cc1. The van der Waals surface area contributed by atoms with Gasteiger partial charge in [0.2, 0.25) is 0 Å². The quantitative estimate of drug-likeness (QED) is 0.703. The zero-order valence-corrected chi connectivity index (χ0v) is 12.2. The first kappa shape index (κ1) is 17.0. The molecule has 1 aromatic carbocycles. The lowest BCUT2D eigenvalue weighted by atomic mass is 9.83. The van der Waals surface area contributed by atoms with Crippen LogP contribution >= 0.6 is 0 Å². The van der Waals surface area contributed by atoms with E-state index < -0.39 is 23.8 Å². The van der Waals surface area contributed by atoms with Gasteiger partial charge >= 0.3 is 11.9 Å². The van der Waals surface area contributed by atoms with E-state index in [9.17, 15) is 9.59 Å². The Bertz CT molecular complexity index is 471. The average Bonchev–Trinajstić information content (AvgIpc) is 2.47. The number of carboxylic acids is 1. The molecule has 2 atom stereocenters. The fraction of sp³-hybridized carbons (Fsp3) is 0.467. The Morgan fingerprint density at radius 1 is 1.29 bits per heavy atom. The lowest BCUT2D eigenvalue weighted by molar-refractivity contribution is -0.149. The number of hydrogen-bond acceptors (Lipinski definition) is 5. The molecule has 0 fully saturated rings. The van der Waals surface area contributed by atoms with Gasteiger partial charge in [0, 0.05) is 12.5 Å². The number of carboxylic acid groups (broad SMARTS) is 1. The molecular weight excluding hydrogens is 274 g/mol. The van der Waals surface area contributed by atoms with Crippen molar-refractivity contribution in [1.82, 2.24) is 0 Å². The number of rotatable bonds is 8. The number of ether oxygens (including phenoxy) is 2. The minimum Gasteiger partial charge on any atom is -0.497 e. The third-order valence-corrected chi connectivity index (χ3v) is 3.27. The molecule has 0 aliphatic heterocycles. The van der Waals surface area contributed by atoms with Crippen LogP contribution in [0, 0.1) is 5.92 Å². The van der Waals surface area contributed by atoms with E-state index in [2.05, 4.69) is 0 Å². The molecule has 1 rings (SSSR count). The summed E-state index contributed by atoms with van der Waals surface area (Å²) in [4.78, 5) is 23.1. The Labute approximate surface area is 123 Å². The van der Waals surface area contributed by atoms with Crippen molar-refractivity contribution in [1.29, 1.82) is 0 Å². The fourth-order valence-electron chi connectivity index (χ4n) is 2.21. The Hall–Kier alpha value is -2.08. The number of carbonyl (C=O) groups is 2. The van der Waals surface area contributed by atoms with Crippen molar-refractivity contribution in [3.63, 3.8) is 0 Å². The molecule has 21 heavy (non-hydrogen) atoms. The Morgan fingerprint density at radius 2 is 1.90 bits per heavy atom. The smallest absolute Gasteiger partial charge is 0.310 e. The molecule has 0 radical (unpaired) electrons. The maximum Gasteiger partial charge on any atom is 0.310 e. The first-order valence-corrected chi connectivity index (χ1v) is 6.75. The average molecular weight is 295 g/mol. The lowest BCUT2D eigenvalue weighted by Crippen LogP contribution is -2.32. The molecule has 0 aliphatic rings. The second-order valence-electron chi connectivity index (χ2n) is 4.57. The summed E-state index contributed by atoms with van der Waals surface area (Å²) in [6.07, 6.45) is -0.187. The molecule has 2 unspecified atom stereocenters. The molecule has 0 bridgehead atoms. The summed E-state index contributed by atoms with van der Waals surface area (Å²) in [5, 5.41) is 9.08. The van der Waals surface area contributed by atoms with Gasteiger partial charge in [0.05, 0.1) is 26.1 Å². The van der Waals surface area contributed by atoms with Gasteiger partial charge in [0.25, 0.3) is 0 Å². The van der Waals surface area contributed by atoms with Crippen LogP contribution in [0.25, 0.3) is 0 Å². The summed E-state index contributed by atoms with van der Waals surface area (Å²) in [6, 6.07) is 6.94. The maximum absolute atomic E-state index is 12.0. The second-order valence-corrected chi connectivity index (χ2v) is 4.57. The van der Waals surface area contributed by atoms with Crippen molar-refractivity contribution in [2.45, 2.75) is 19.3 Å². The number of esters is 1. The highest BCUT2D eigenvalue weighted by Crippen LogP contribution is 2.30. The van der Waals surface area contributed by atoms with Crippen LogP contribution in [0.1, 0.15) is 24.8 Å². The normalized spacial score (nSPS) is 13.3. The Balaban J connectivity index is 3.06. The van der Waals surface area contributed by atoms with E-state index in [0.717, 1.165) is 5.56 Å². The van der Waals surface area contributed by atoms with Crippen LogP contribution < -0.4 is 10.5 Å². The molecule has 0 amide bonds. The van der Waals surface area contributed by atoms with E-state index in [0.29, 0.717) is 5.75 Å². The number of nitrogens with two attached hydrogens (primary N) is 1. The van der Waals surface area contributed by atoms with Gasteiger partial charge in [-0.3, -0.25) is 9.59 Å². The predicted molar refractivity (Wildman–Crippen MR) is 77.2 cm³/mol. The largest absolute Gasteiger partial charge is 0.497 e. The Kier molecular flexibility index (Phi) is 6.68. The molecular formula is C15H21NO5. The second kappa shape index (κ2) is 8.26. The van der Waals surface area contributed by atoms with Gasteiger partial charge < -0.3 is 20.3 Å². The third-order valence-electron chi connectivity index (χ3n) is 3.27. The third kappa shape index (κ3) is 4.75. The molecule has 3 N–H and O–H groups in total. The van der Waals surface area contributed by atoms with E-state index in [-0.39, 0.29) is 19.6 Å². The topological polar surface area (TPSA) is 98.9 Å². The van der Waals surface area contributed by atoms with Crippen LogP contribution in [-0.2, 0) is 14.3 Å². The predicted octanol–water partition coefficient (Wildman–Crippen LogP) is 1.39. The van der Waals surface area contributed by atoms with Crippen molar-refractivity contribution < 1.29 is 24.2 Å². The zero-order chi connectivity index (χ0) is 15.8. The molecule has 6 heteroatoms. The van der Waals surface area contributed by atoms with Crippen LogP contribution in [0.4, 0.5) is 0 Å². The number of hydrogen-bond donors (Lipinski definition) is 2. The summed E-state index contributed by atoms with van der Waals surface area (Å²) in [7, 11) is 1.55. The highest BCUT2D eigenvalue weighted by atomic mass is 16.5. The summed E-state index contributed by atoms with van der Waals surface area (Å²) >= 11 is 0. The first-order chi connectivity index (χ1) is 10.0. The summed E-state index contributed by atoms with van der Waals surface area (Å²) in [6.45, 7) is 1.96. The standard InChI is InChI=1S/C15H21NO5/c1-3-21-15(19)13(9-16)12(8-14(17)18)10-4-6-11(20-2)7-5-10/h4-7,12-13H,3,8-9,16H2,1-2H3,(H,17,18). The number of carbonyl (C=O) groups excluding carboxylic acids is 1. The van der Waals surface area contributed by atoms with Crippen LogP contribution in [-0.4, -0.2) is 37.3 Å². The van der Waals surface area contributed by atoms with E-state index >= 15 is 0 Å². The fourth-order valence-corrected chi connectivity index (χ4v) is 2.21. The van der Waals surface area contributed by atoms with Crippen molar-refractivity contribution in [3.8, 4) is 5.75 Å². The van der Waals surface area contributed by atoms with Crippen LogP contribution in [0.3, 0.4) is 0 Å². The molecule has 0 heterocycles. The van der Waals surface area contributed by atoms with Gasteiger partial charge in [-0.15, -0.1) is 0 Å². The van der Waals surface area contributed by atoms with Gasteiger partial charge in [-0.05, 0) is 24.6 Å². The monoisotopic (exact) mass is 295 g/mol. The molecule has 116 valence electrons. The van der Waals surface area contributed by atoms with Crippen molar-refractivity contribution in [3.05, 3.63) is 29.8 Å². The van der Waals surface area contributed by atoms with Gasteiger partial charge in [-0.1, -0.05) is 12.1 Å². The summed E-state index contributed by atoms with van der Waals surface area (Å²) in [5.74, 6) is -2.01. The van der Waals surface area contributed by atoms with Crippen LogP contribution in [0.15, 0.2) is 24.3 Å². The van der Waals surface area contributed by atoms with Crippen molar-refractivity contribution in [2.24, 2.45) is 11.7 Å². The van der Waals surface area contributed by atoms with Crippen molar-refractivity contribution >= 4 is 11.9 Å². The van der Waals surface area contributed by atoms with E-state index in [1.807, 2.05) is 0 Å². The molecule has 0 aromatic heterocycles. The highest BCUT2D eigenvalue weighted by Gasteiger charge is 2.31. The minimum atomic E-state index is -0.987. The van der Waals surface area contributed by atoms with Gasteiger partial charge in [-0.25, -0.2) is 0 Å². The molecule has 0 saturated carbocycles. The molecule has 0 aliphatic carbocycles. The van der Waals surface area contributed by atoms with Crippen molar-refractivity contribution in [2.75, 3.05) is 20.3 Å². The van der Waals surface area contributed by atoms with E-state index in [1.165, 1.54) is 0 Å². The van der Waals surface area contributed by atoms with Crippen LogP contribution in [0.5, 0.6) is 5.75 Å². The van der Waals surface area contributed by atoms with Gasteiger partial charge in [-0.2, -0.15) is 0 Å². The summed E-state index contributed by atoms with van der Waals surface area (Å²) < 4.78 is 10.1. The van der Waals surface area contributed by atoms with E-state index in [1.54, 1.807) is 38.3 Å². The molecule has 0 saturated heterocycles. The Morgan fingerprint density at radius 3 is 2.33 bits per heavy atom. The number of benzene rings is 1. The molecule has 6 nitrogen and oxygen atoms in total. The van der Waals surface area contributed by atoms with Crippen LogP contribution in [0.2, 0.25) is 0 Å². The summed E-state index contributed by atoms with van der Waals surface area (Å²) in [5.41, 5.74) is 6.38. The number of aliphatic carboxylic acids is 1. The highest BCUT2D eigenvalue weighted by molar-refractivity contribution is 5.76. The first-order valence-electron chi connectivity index (χ1n) is 6.75.